The van der Waals surface area contributed by atoms with Crippen LogP contribution in [0, 0.1) is 17.1 Å². The average molecular weight is 290 g/mol. The third-order valence-electron chi connectivity index (χ3n) is 2.71. The van der Waals surface area contributed by atoms with Gasteiger partial charge in [-0.05, 0) is 18.2 Å². The largest absolute Gasteiger partial charge is 0.242 e. The second-order valence-electron chi connectivity index (χ2n) is 4.02. The monoisotopic (exact) mass is 290 g/mol. The molecule has 0 aliphatic rings. The van der Waals surface area contributed by atoms with Crippen LogP contribution >= 0.6 is 0 Å². The molecule has 0 unspecified atom stereocenters. The third-order valence-corrected chi connectivity index (χ3v) is 4.17. The molecule has 1 N–H and O–H groups in total. The number of hydrogen-bond acceptors (Lipinski definition) is 3. The Balaban J connectivity index is 2.25. The van der Waals surface area contributed by atoms with Crippen molar-refractivity contribution in [3.63, 3.8) is 0 Å². The van der Waals surface area contributed by atoms with Crippen LogP contribution < -0.4 is 4.72 Å². The van der Waals surface area contributed by atoms with Crippen molar-refractivity contribution in [1.29, 1.82) is 5.26 Å². The highest BCUT2D eigenvalue weighted by molar-refractivity contribution is 7.89. The normalized spacial score (nSPS) is 11.0. The fraction of sp³-hybridized carbons (Fsp3) is 0.0714. The van der Waals surface area contributed by atoms with Crippen molar-refractivity contribution < 1.29 is 12.8 Å². The molecule has 0 saturated heterocycles. The van der Waals surface area contributed by atoms with E-state index in [2.05, 4.69) is 4.72 Å². The number of sulfonamides is 1. The molecule has 2 aromatic rings. The zero-order chi connectivity index (χ0) is 14.6. The molecule has 0 spiro atoms. The van der Waals surface area contributed by atoms with Gasteiger partial charge in [-0.3, -0.25) is 0 Å². The van der Waals surface area contributed by atoms with E-state index in [0.717, 1.165) is 0 Å². The standard InChI is InChI=1S/C14H11FN2O2S/c15-13-7-3-1-6-12(13)10-17-20(18,19)14-8-4-2-5-11(14)9-16/h1-8,17H,10H2. The van der Waals surface area contributed by atoms with Crippen molar-refractivity contribution in [2.75, 3.05) is 0 Å². The molecule has 6 heteroatoms. The predicted molar refractivity (Wildman–Crippen MR) is 71.6 cm³/mol. The van der Waals surface area contributed by atoms with Gasteiger partial charge in [0, 0.05) is 12.1 Å². The van der Waals surface area contributed by atoms with Gasteiger partial charge in [-0.1, -0.05) is 30.3 Å². The Morgan fingerprint density at radius 3 is 2.45 bits per heavy atom. The van der Waals surface area contributed by atoms with E-state index in [4.69, 9.17) is 5.26 Å². The number of nitrogens with zero attached hydrogens (tertiary/aromatic N) is 1. The molecule has 0 aliphatic heterocycles. The van der Waals surface area contributed by atoms with E-state index in [1.54, 1.807) is 12.1 Å². The number of rotatable bonds is 4. The predicted octanol–water partition coefficient (Wildman–Crippen LogP) is 2.18. The Kier molecular flexibility index (Phi) is 4.13. The Morgan fingerprint density at radius 1 is 1.10 bits per heavy atom. The molecular weight excluding hydrogens is 279 g/mol. The molecular formula is C14H11FN2O2S. The Hall–Kier alpha value is -2.23. The molecule has 0 amide bonds. The minimum Gasteiger partial charge on any atom is -0.207 e. The number of nitrogens with one attached hydrogen (secondary N) is 1. The quantitative estimate of drug-likeness (QED) is 0.938. The summed E-state index contributed by atoms with van der Waals surface area (Å²) in [5.41, 5.74) is 0.291. The van der Waals surface area contributed by atoms with Gasteiger partial charge in [0.25, 0.3) is 0 Å². The van der Waals surface area contributed by atoms with Gasteiger partial charge >= 0.3 is 0 Å². The summed E-state index contributed by atoms with van der Waals surface area (Å²) in [5.74, 6) is -0.483. The molecule has 0 saturated carbocycles. The summed E-state index contributed by atoms with van der Waals surface area (Å²) in [6, 6.07) is 13.6. The first-order valence-electron chi connectivity index (χ1n) is 5.77. The molecule has 0 fully saturated rings. The Bertz CT molecular complexity index is 767. The summed E-state index contributed by atoms with van der Waals surface area (Å²) >= 11 is 0. The molecule has 20 heavy (non-hydrogen) atoms. The molecule has 0 radical (unpaired) electrons. The fourth-order valence-corrected chi connectivity index (χ4v) is 2.85. The van der Waals surface area contributed by atoms with Gasteiger partial charge in [0.1, 0.15) is 11.9 Å². The van der Waals surface area contributed by atoms with E-state index < -0.39 is 15.8 Å². The third kappa shape index (κ3) is 3.02. The van der Waals surface area contributed by atoms with E-state index in [0.29, 0.717) is 0 Å². The molecule has 0 aliphatic carbocycles. The first-order chi connectivity index (χ1) is 9.54. The van der Waals surface area contributed by atoms with Crippen LogP contribution in [0.5, 0.6) is 0 Å². The van der Waals surface area contributed by atoms with E-state index in [1.165, 1.54) is 36.4 Å². The maximum absolute atomic E-state index is 13.4. The summed E-state index contributed by atoms with van der Waals surface area (Å²) in [4.78, 5) is -0.112. The van der Waals surface area contributed by atoms with E-state index in [1.807, 2.05) is 6.07 Å². The molecule has 0 aromatic heterocycles. The van der Waals surface area contributed by atoms with Gasteiger partial charge in [0.05, 0.1) is 10.5 Å². The lowest BCUT2D eigenvalue weighted by molar-refractivity contribution is 0.574. The van der Waals surface area contributed by atoms with Gasteiger partial charge in [0.2, 0.25) is 10.0 Å². The molecule has 0 bridgehead atoms. The number of hydrogen-bond donors (Lipinski definition) is 1. The van der Waals surface area contributed by atoms with E-state index >= 15 is 0 Å². The highest BCUT2D eigenvalue weighted by atomic mass is 32.2. The van der Waals surface area contributed by atoms with Crippen molar-refractivity contribution in [3.05, 3.63) is 65.5 Å². The van der Waals surface area contributed by atoms with Gasteiger partial charge in [0.15, 0.2) is 0 Å². The van der Waals surface area contributed by atoms with Crippen molar-refractivity contribution in [3.8, 4) is 6.07 Å². The first-order valence-corrected chi connectivity index (χ1v) is 7.25. The summed E-state index contributed by atoms with van der Waals surface area (Å²) < 4.78 is 39.9. The molecule has 0 atom stereocenters. The van der Waals surface area contributed by atoms with Crippen molar-refractivity contribution in [2.24, 2.45) is 0 Å². The van der Waals surface area contributed by atoms with Crippen molar-refractivity contribution in [2.45, 2.75) is 11.4 Å². The smallest absolute Gasteiger partial charge is 0.207 e. The fourth-order valence-electron chi connectivity index (χ4n) is 1.69. The summed E-state index contributed by atoms with van der Waals surface area (Å²) in [7, 11) is -3.86. The van der Waals surface area contributed by atoms with Gasteiger partial charge in [-0.15, -0.1) is 0 Å². The van der Waals surface area contributed by atoms with Crippen LogP contribution in [0.25, 0.3) is 0 Å². The highest BCUT2D eigenvalue weighted by Gasteiger charge is 2.18. The molecule has 102 valence electrons. The van der Waals surface area contributed by atoms with E-state index in [-0.39, 0.29) is 22.6 Å². The number of halogens is 1. The first kappa shape index (κ1) is 14.2. The van der Waals surface area contributed by atoms with Gasteiger partial charge in [-0.25, -0.2) is 17.5 Å². The second-order valence-corrected chi connectivity index (χ2v) is 5.76. The van der Waals surface area contributed by atoms with Crippen LogP contribution in [-0.4, -0.2) is 8.42 Å². The molecule has 2 aromatic carbocycles. The maximum atomic E-state index is 13.4. The highest BCUT2D eigenvalue weighted by Crippen LogP contribution is 2.15. The van der Waals surface area contributed by atoms with Crippen LogP contribution in [0.3, 0.4) is 0 Å². The Labute approximate surface area is 116 Å². The maximum Gasteiger partial charge on any atom is 0.242 e. The van der Waals surface area contributed by atoms with Crippen molar-refractivity contribution in [1.82, 2.24) is 4.72 Å². The second kappa shape index (κ2) is 5.82. The van der Waals surface area contributed by atoms with E-state index in [9.17, 15) is 12.8 Å². The minimum absolute atomic E-state index is 0.0496. The lowest BCUT2D eigenvalue weighted by atomic mass is 10.2. The van der Waals surface area contributed by atoms with Crippen LogP contribution in [-0.2, 0) is 16.6 Å². The summed E-state index contributed by atoms with van der Waals surface area (Å²) in [5, 5.41) is 8.91. The Morgan fingerprint density at radius 2 is 1.75 bits per heavy atom. The van der Waals surface area contributed by atoms with Crippen LogP contribution in [0.4, 0.5) is 4.39 Å². The van der Waals surface area contributed by atoms with Crippen LogP contribution in [0.1, 0.15) is 11.1 Å². The lowest BCUT2D eigenvalue weighted by Crippen LogP contribution is -2.24. The molecule has 4 nitrogen and oxygen atoms in total. The van der Waals surface area contributed by atoms with Gasteiger partial charge in [-0.2, -0.15) is 5.26 Å². The van der Waals surface area contributed by atoms with Gasteiger partial charge < -0.3 is 0 Å². The number of benzene rings is 2. The zero-order valence-electron chi connectivity index (χ0n) is 10.4. The SMILES string of the molecule is N#Cc1ccccc1S(=O)(=O)NCc1ccccc1F. The molecule has 2 rings (SSSR count). The van der Waals surface area contributed by atoms with Crippen LogP contribution in [0.2, 0.25) is 0 Å². The van der Waals surface area contributed by atoms with Crippen LogP contribution in [0.15, 0.2) is 53.4 Å². The number of nitriles is 1. The zero-order valence-corrected chi connectivity index (χ0v) is 11.2. The summed E-state index contributed by atoms with van der Waals surface area (Å²) in [6.45, 7) is -0.172. The minimum atomic E-state index is -3.86. The van der Waals surface area contributed by atoms with Crippen molar-refractivity contribution >= 4 is 10.0 Å². The summed E-state index contributed by atoms with van der Waals surface area (Å²) in [6.07, 6.45) is 0. The topological polar surface area (TPSA) is 70.0 Å². The average Bonchev–Trinajstić information content (AvgIpc) is 2.46. The lowest BCUT2D eigenvalue weighted by Gasteiger charge is -2.08. The molecule has 0 heterocycles.